The Bertz CT molecular complexity index is 1090. The Balaban J connectivity index is 1.81. The summed E-state index contributed by atoms with van der Waals surface area (Å²) >= 11 is 0. The zero-order valence-corrected chi connectivity index (χ0v) is 20.2. The van der Waals surface area contributed by atoms with Crippen LogP contribution in [-0.2, 0) is 21.2 Å². The number of aryl methyl sites for hydroxylation is 1. The highest BCUT2D eigenvalue weighted by molar-refractivity contribution is 7.89. The molecule has 1 unspecified atom stereocenters. The molecule has 0 bridgehead atoms. The molecule has 1 aliphatic rings. The number of hydrogen-bond donors (Lipinski definition) is 0. The van der Waals surface area contributed by atoms with E-state index in [0.29, 0.717) is 18.7 Å². The highest BCUT2D eigenvalue weighted by Crippen LogP contribution is 2.30. The number of sulfonamides is 1. The maximum Gasteiger partial charge on any atom is 0.338 e. The van der Waals surface area contributed by atoms with Gasteiger partial charge in [-0.05, 0) is 49.9 Å². The van der Waals surface area contributed by atoms with Crippen LogP contribution in [-0.4, -0.2) is 50.8 Å². The van der Waals surface area contributed by atoms with E-state index < -0.39 is 22.1 Å². The Morgan fingerprint density at radius 3 is 2.15 bits per heavy atom. The van der Waals surface area contributed by atoms with E-state index in [1.807, 2.05) is 19.1 Å². The first kappa shape index (κ1) is 24.9. The molecule has 1 aliphatic heterocycles. The van der Waals surface area contributed by atoms with Crippen molar-refractivity contribution < 1.29 is 27.5 Å². The van der Waals surface area contributed by atoms with E-state index >= 15 is 0 Å². The second kappa shape index (κ2) is 10.9. The molecule has 1 atom stereocenters. The highest BCUT2D eigenvalue weighted by atomic mass is 32.2. The van der Waals surface area contributed by atoms with E-state index in [1.54, 1.807) is 12.1 Å². The lowest BCUT2D eigenvalue weighted by Gasteiger charge is -2.21. The molecule has 0 radical (unpaired) electrons. The van der Waals surface area contributed by atoms with Gasteiger partial charge in [0.15, 0.2) is 6.10 Å². The van der Waals surface area contributed by atoms with E-state index in [-0.39, 0.29) is 22.0 Å². The van der Waals surface area contributed by atoms with Gasteiger partial charge >= 0.3 is 5.97 Å². The number of methoxy groups -OCH3 is 1. The summed E-state index contributed by atoms with van der Waals surface area (Å²) in [4.78, 5) is 25.4. The number of hydrogen-bond acceptors (Lipinski definition) is 6. The number of nitrogens with zero attached hydrogens (tertiary/aromatic N) is 1. The first-order chi connectivity index (χ1) is 15.8. The summed E-state index contributed by atoms with van der Waals surface area (Å²) < 4.78 is 38.7. The summed E-state index contributed by atoms with van der Waals surface area (Å²) in [5.74, 6) is -0.927. The number of ketones is 1. The largest absolute Gasteiger partial charge is 0.495 e. The molecule has 0 amide bonds. The van der Waals surface area contributed by atoms with Gasteiger partial charge < -0.3 is 9.47 Å². The van der Waals surface area contributed by atoms with Crippen LogP contribution in [0.2, 0.25) is 0 Å². The molecule has 0 N–H and O–H groups in total. The van der Waals surface area contributed by atoms with E-state index in [1.165, 1.54) is 36.5 Å². The fraction of sp³-hybridized carbons (Fsp3) is 0.440. The first-order valence-corrected chi connectivity index (χ1v) is 12.7. The Labute approximate surface area is 195 Å². The van der Waals surface area contributed by atoms with Crippen molar-refractivity contribution in [3.63, 3.8) is 0 Å². The van der Waals surface area contributed by atoms with Gasteiger partial charge in [0.25, 0.3) is 0 Å². The normalized spacial score (nSPS) is 16.0. The summed E-state index contributed by atoms with van der Waals surface area (Å²) in [7, 11) is -2.46. The van der Waals surface area contributed by atoms with Gasteiger partial charge in [0.1, 0.15) is 10.6 Å². The lowest BCUT2D eigenvalue weighted by molar-refractivity contribution is 0.0318. The molecule has 2 aromatic rings. The monoisotopic (exact) mass is 473 g/mol. The van der Waals surface area contributed by atoms with Crippen LogP contribution < -0.4 is 4.74 Å². The van der Waals surface area contributed by atoms with Gasteiger partial charge in [0.2, 0.25) is 15.8 Å². The van der Waals surface area contributed by atoms with E-state index in [9.17, 15) is 18.0 Å². The maximum absolute atomic E-state index is 13.3. The van der Waals surface area contributed by atoms with Crippen LogP contribution in [0.3, 0.4) is 0 Å². The molecule has 0 spiro atoms. The van der Waals surface area contributed by atoms with Gasteiger partial charge in [-0.15, -0.1) is 0 Å². The molecular formula is C25H31NO6S. The van der Waals surface area contributed by atoms with Crippen molar-refractivity contribution in [3.8, 4) is 5.75 Å². The van der Waals surface area contributed by atoms with Gasteiger partial charge in [-0.3, -0.25) is 4.79 Å². The van der Waals surface area contributed by atoms with Crippen molar-refractivity contribution in [1.82, 2.24) is 4.31 Å². The Morgan fingerprint density at radius 1 is 0.970 bits per heavy atom. The average molecular weight is 474 g/mol. The number of carbonyl (C=O) groups excluding carboxylic acids is 2. The van der Waals surface area contributed by atoms with E-state index in [0.717, 1.165) is 37.7 Å². The third kappa shape index (κ3) is 5.81. The second-order valence-electron chi connectivity index (χ2n) is 8.15. The molecular weight excluding hydrogens is 442 g/mol. The van der Waals surface area contributed by atoms with Gasteiger partial charge in [-0.1, -0.05) is 44.0 Å². The van der Waals surface area contributed by atoms with Crippen LogP contribution >= 0.6 is 0 Å². The fourth-order valence-corrected chi connectivity index (χ4v) is 5.55. The molecule has 178 valence electrons. The molecule has 2 aromatic carbocycles. The summed E-state index contributed by atoms with van der Waals surface area (Å²) in [6.45, 7) is 4.40. The molecule has 1 heterocycles. The SMILES string of the molecule is CCc1ccc(C(=O)C(C)OC(=O)c2ccc(OC)c(S(=O)(=O)N3CCCCCC3)c2)cc1. The number of carbonyl (C=O) groups is 2. The van der Waals surface area contributed by atoms with Crippen LogP contribution in [0.1, 0.15) is 65.8 Å². The molecule has 1 fully saturated rings. The van der Waals surface area contributed by atoms with Gasteiger partial charge in [-0.25, -0.2) is 13.2 Å². The molecule has 1 saturated heterocycles. The van der Waals surface area contributed by atoms with Crippen molar-refractivity contribution in [2.75, 3.05) is 20.2 Å². The van der Waals surface area contributed by atoms with Crippen molar-refractivity contribution in [2.45, 2.75) is 57.0 Å². The van der Waals surface area contributed by atoms with Crippen LogP contribution in [0.5, 0.6) is 5.75 Å². The Kier molecular flexibility index (Phi) is 8.26. The molecule has 3 rings (SSSR count). The standard InChI is InChI=1S/C25H31NO6S/c1-4-19-9-11-20(12-10-19)24(27)18(2)32-25(28)21-13-14-22(31-3)23(17-21)33(29,30)26-15-7-5-6-8-16-26/h9-14,17-18H,4-8,15-16H2,1-3H3. The first-order valence-electron chi connectivity index (χ1n) is 11.3. The molecule has 33 heavy (non-hydrogen) atoms. The topological polar surface area (TPSA) is 90.0 Å². The predicted octanol–water partition coefficient (Wildman–Crippen LogP) is 4.25. The van der Waals surface area contributed by atoms with E-state index in [4.69, 9.17) is 9.47 Å². The Morgan fingerprint density at radius 2 is 1.58 bits per heavy atom. The number of Topliss-reactive ketones (excluding diaryl/α,β-unsaturated/α-hetero) is 1. The highest BCUT2D eigenvalue weighted by Gasteiger charge is 2.30. The van der Waals surface area contributed by atoms with Crippen molar-refractivity contribution in [3.05, 3.63) is 59.2 Å². The molecule has 0 aliphatic carbocycles. The maximum atomic E-state index is 13.3. The van der Waals surface area contributed by atoms with Crippen molar-refractivity contribution >= 4 is 21.8 Å². The zero-order valence-electron chi connectivity index (χ0n) is 19.4. The van der Waals surface area contributed by atoms with Gasteiger partial charge in [0.05, 0.1) is 12.7 Å². The summed E-state index contributed by atoms with van der Waals surface area (Å²) in [5, 5.41) is 0. The van der Waals surface area contributed by atoms with E-state index in [2.05, 4.69) is 0 Å². The van der Waals surface area contributed by atoms with Crippen LogP contribution in [0, 0.1) is 0 Å². The van der Waals surface area contributed by atoms with Crippen LogP contribution in [0.25, 0.3) is 0 Å². The van der Waals surface area contributed by atoms with Gasteiger partial charge in [-0.2, -0.15) is 4.31 Å². The number of benzene rings is 2. The summed E-state index contributed by atoms with van der Waals surface area (Å²) in [5.41, 5.74) is 1.60. The van der Waals surface area contributed by atoms with Crippen molar-refractivity contribution in [2.24, 2.45) is 0 Å². The minimum Gasteiger partial charge on any atom is -0.495 e. The van der Waals surface area contributed by atoms with Crippen LogP contribution in [0.15, 0.2) is 47.4 Å². The van der Waals surface area contributed by atoms with Crippen LogP contribution in [0.4, 0.5) is 0 Å². The molecule has 0 aromatic heterocycles. The van der Waals surface area contributed by atoms with Crippen molar-refractivity contribution in [1.29, 1.82) is 0 Å². The number of ether oxygens (including phenoxy) is 2. The quantitative estimate of drug-likeness (QED) is 0.421. The predicted molar refractivity (Wildman–Crippen MR) is 125 cm³/mol. The zero-order chi connectivity index (χ0) is 24.0. The lowest BCUT2D eigenvalue weighted by Crippen LogP contribution is -2.32. The molecule has 7 nitrogen and oxygen atoms in total. The average Bonchev–Trinajstić information content (AvgIpc) is 3.13. The fourth-order valence-electron chi connectivity index (χ4n) is 3.85. The minimum atomic E-state index is -3.84. The minimum absolute atomic E-state index is 0.0465. The number of rotatable bonds is 8. The number of esters is 1. The third-order valence-electron chi connectivity index (χ3n) is 5.88. The summed E-state index contributed by atoms with van der Waals surface area (Å²) in [6.07, 6.45) is 3.41. The molecule has 8 heteroatoms. The van der Waals surface area contributed by atoms with Gasteiger partial charge in [0, 0.05) is 18.7 Å². The Hall–Kier alpha value is -2.71. The third-order valence-corrected chi connectivity index (χ3v) is 7.80. The smallest absolute Gasteiger partial charge is 0.338 e. The molecule has 0 saturated carbocycles. The summed E-state index contributed by atoms with van der Waals surface area (Å²) in [6, 6.07) is 11.3. The lowest BCUT2D eigenvalue weighted by atomic mass is 10.0. The second-order valence-corrected chi connectivity index (χ2v) is 10.1.